The van der Waals surface area contributed by atoms with Crippen molar-refractivity contribution in [3.8, 4) is 22.8 Å². The van der Waals surface area contributed by atoms with Crippen molar-refractivity contribution >= 4 is 11.7 Å². The lowest BCUT2D eigenvalue weighted by atomic mass is 10.1. The lowest BCUT2D eigenvalue weighted by Gasteiger charge is -2.08. The number of aryl methyl sites for hydroxylation is 3. The van der Waals surface area contributed by atoms with Gasteiger partial charge in [-0.25, -0.2) is 4.98 Å². The number of halogens is 2. The van der Waals surface area contributed by atoms with E-state index >= 15 is 0 Å². The molecular weight excluding hydrogens is 398 g/mol. The monoisotopic (exact) mass is 418 g/mol. The molecule has 2 aromatic heterocycles. The molecule has 0 aliphatic carbocycles. The summed E-state index contributed by atoms with van der Waals surface area (Å²) in [6, 6.07) is 2.86. The van der Waals surface area contributed by atoms with Gasteiger partial charge in [-0.2, -0.15) is 0 Å². The highest BCUT2D eigenvalue weighted by molar-refractivity contribution is 6.05. The van der Waals surface area contributed by atoms with Crippen LogP contribution in [-0.2, 0) is 0 Å². The number of rotatable bonds is 3. The van der Waals surface area contributed by atoms with Gasteiger partial charge in [0.15, 0.2) is 17.3 Å². The molecule has 4 rings (SSSR count). The quantitative estimate of drug-likeness (QED) is 0.660. The van der Waals surface area contributed by atoms with Gasteiger partial charge in [0, 0.05) is 5.56 Å². The normalized spacial score (nSPS) is 13.4. The number of carbonyl (C=O) groups excluding carboxylic acids is 1. The minimum atomic E-state index is -3.69. The van der Waals surface area contributed by atoms with E-state index in [1.807, 2.05) is 13.8 Å². The standard InChI is InChI=1S/C18H14F2N4O4.C2H6/c1-8-4-13-14(27-18(19,20)26-13)5-11(8)12-6-22-15(7-21-12)23-17(25)16-9(2)24-28-10(16)3;1-2/h4-7H,1-3H3,(H,22,23,25);1-2H3. The first-order chi connectivity index (χ1) is 14.2. The van der Waals surface area contributed by atoms with Crippen molar-refractivity contribution in [2.45, 2.75) is 40.9 Å². The molecule has 0 radical (unpaired) electrons. The number of fused-ring (bicyclic) bond motifs is 1. The second-order valence-corrected chi connectivity index (χ2v) is 6.22. The predicted octanol–water partition coefficient (Wildman–Crippen LogP) is 4.66. The summed E-state index contributed by atoms with van der Waals surface area (Å²) in [5, 5.41) is 6.35. The molecule has 0 saturated carbocycles. The SMILES string of the molecule is CC.Cc1cc2c(cc1-c1cnc(NC(=O)c3c(C)noc3C)cn1)OC(F)(F)O2. The summed E-state index contributed by atoms with van der Waals surface area (Å²) in [5.74, 6) is 0.0802. The Labute approximate surface area is 171 Å². The fraction of sp³-hybridized carbons (Fsp3) is 0.300. The lowest BCUT2D eigenvalue weighted by Crippen LogP contribution is -2.25. The molecule has 0 atom stereocenters. The number of carbonyl (C=O) groups is 1. The van der Waals surface area contributed by atoms with Crippen LogP contribution in [0, 0.1) is 20.8 Å². The van der Waals surface area contributed by atoms with Crippen LogP contribution in [0.15, 0.2) is 29.0 Å². The van der Waals surface area contributed by atoms with E-state index in [0.717, 1.165) is 0 Å². The molecule has 1 aliphatic rings. The summed E-state index contributed by atoms with van der Waals surface area (Å²) in [6.45, 7) is 9.02. The average molecular weight is 418 g/mol. The minimum Gasteiger partial charge on any atom is -0.395 e. The molecule has 30 heavy (non-hydrogen) atoms. The Kier molecular flexibility index (Phi) is 5.68. The summed E-state index contributed by atoms with van der Waals surface area (Å²) in [5.41, 5.74) is 2.43. The molecule has 10 heteroatoms. The predicted molar refractivity (Wildman–Crippen MR) is 104 cm³/mol. The third-order valence-electron chi connectivity index (χ3n) is 4.18. The minimum absolute atomic E-state index is 0.0393. The zero-order valence-corrected chi connectivity index (χ0v) is 17.0. The number of hydrogen-bond donors (Lipinski definition) is 1. The number of anilines is 1. The maximum absolute atomic E-state index is 13.2. The molecule has 158 valence electrons. The molecule has 1 aromatic carbocycles. The van der Waals surface area contributed by atoms with Gasteiger partial charge in [-0.05, 0) is 38.5 Å². The maximum atomic E-state index is 13.2. The molecule has 0 saturated heterocycles. The zero-order chi connectivity index (χ0) is 22.1. The summed E-state index contributed by atoms with van der Waals surface area (Å²) in [6.07, 6.45) is -0.902. The van der Waals surface area contributed by atoms with Crippen LogP contribution in [0.4, 0.5) is 14.6 Å². The van der Waals surface area contributed by atoms with Gasteiger partial charge >= 0.3 is 6.29 Å². The Bertz CT molecular complexity index is 1060. The molecule has 0 spiro atoms. The Hall–Kier alpha value is -3.56. The molecule has 1 amide bonds. The van der Waals surface area contributed by atoms with Crippen molar-refractivity contribution in [3.63, 3.8) is 0 Å². The molecule has 3 aromatic rings. The van der Waals surface area contributed by atoms with Gasteiger partial charge in [-0.1, -0.05) is 19.0 Å². The molecule has 0 unspecified atom stereocenters. The van der Waals surface area contributed by atoms with Gasteiger partial charge in [0.2, 0.25) is 0 Å². The van der Waals surface area contributed by atoms with E-state index in [1.54, 1.807) is 20.8 Å². The van der Waals surface area contributed by atoms with E-state index in [9.17, 15) is 13.6 Å². The number of amides is 1. The van der Waals surface area contributed by atoms with E-state index < -0.39 is 12.2 Å². The lowest BCUT2D eigenvalue weighted by molar-refractivity contribution is -0.286. The molecule has 3 heterocycles. The third-order valence-corrected chi connectivity index (χ3v) is 4.18. The number of hydrogen-bond acceptors (Lipinski definition) is 7. The first kappa shape index (κ1) is 21.2. The molecule has 8 nitrogen and oxygen atoms in total. The van der Waals surface area contributed by atoms with Crippen LogP contribution in [0.1, 0.15) is 41.2 Å². The highest BCUT2D eigenvalue weighted by atomic mass is 19.3. The van der Waals surface area contributed by atoms with Gasteiger partial charge < -0.3 is 19.3 Å². The van der Waals surface area contributed by atoms with Crippen LogP contribution in [0.2, 0.25) is 0 Å². The summed E-state index contributed by atoms with van der Waals surface area (Å²) in [7, 11) is 0. The molecule has 0 fully saturated rings. The van der Waals surface area contributed by atoms with Gasteiger partial charge in [0.25, 0.3) is 5.91 Å². The van der Waals surface area contributed by atoms with Gasteiger partial charge in [-0.3, -0.25) is 9.78 Å². The van der Waals surface area contributed by atoms with Crippen LogP contribution in [0.25, 0.3) is 11.3 Å². The Morgan fingerprint density at radius 2 is 1.70 bits per heavy atom. The highest BCUT2D eigenvalue weighted by Gasteiger charge is 2.43. The van der Waals surface area contributed by atoms with E-state index in [0.29, 0.717) is 33.8 Å². The second-order valence-electron chi connectivity index (χ2n) is 6.22. The fourth-order valence-corrected chi connectivity index (χ4v) is 2.89. The van der Waals surface area contributed by atoms with Crippen molar-refractivity contribution in [3.05, 3.63) is 47.1 Å². The van der Waals surface area contributed by atoms with E-state index in [4.69, 9.17) is 4.52 Å². The first-order valence-corrected chi connectivity index (χ1v) is 9.20. The van der Waals surface area contributed by atoms with Crippen LogP contribution < -0.4 is 14.8 Å². The van der Waals surface area contributed by atoms with Crippen LogP contribution in [0.5, 0.6) is 11.5 Å². The van der Waals surface area contributed by atoms with Crippen molar-refractivity contribution in [2.24, 2.45) is 0 Å². The number of ether oxygens (including phenoxy) is 2. The smallest absolute Gasteiger partial charge is 0.395 e. The van der Waals surface area contributed by atoms with Crippen molar-refractivity contribution in [1.82, 2.24) is 15.1 Å². The van der Waals surface area contributed by atoms with Crippen molar-refractivity contribution in [1.29, 1.82) is 0 Å². The molecular formula is C20H20F2N4O4. The van der Waals surface area contributed by atoms with Gasteiger partial charge in [0.1, 0.15) is 11.3 Å². The van der Waals surface area contributed by atoms with Gasteiger partial charge in [0.05, 0.1) is 23.8 Å². The second kappa shape index (κ2) is 8.05. The summed E-state index contributed by atoms with van der Waals surface area (Å²) >= 11 is 0. The van der Waals surface area contributed by atoms with E-state index in [-0.39, 0.29) is 17.3 Å². The summed E-state index contributed by atoms with van der Waals surface area (Å²) in [4.78, 5) is 20.7. The topological polar surface area (TPSA) is 99.4 Å². The van der Waals surface area contributed by atoms with Gasteiger partial charge in [-0.15, -0.1) is 8.78 Å². The number of benzene rings is 1. The third kappa shape index (κ3) is 4.07. The largest absolute Gasteiger partial charge is 0.586 e. The average Bonchev–Trinajstić information content (AvgIpc) is 3.19. The van der Waals surface area contributed by atoms with Crippen LogP contribution in [-0.4, -0.2) is 27.3 Å². The Morgan fingerprint density at radius 3 is 2.27 bits per heavy atom. The Morgan fingerprint density at radius 1 is 1.03 bits per heavy atom. The Balaban J connectivity index is 0.00000124. The number of nitrogens with zero attached hydrogens (tertiary/aromatic N) is 3. The number of nitrogens with one attached hydrogen (secondary N) is 1. The fourth-order valence-electron chi connectivity index (χ4n) is 2.89. The van der Waals surface area contributed by atoms with Crippen molar-refractivity contribution in [2.75, 3.05) is 5.32 Å². The molecule has 1 aliphatic heterocycles. The van der Waals surface area contributed by atoms with E-state index in [1.165, 1.54) is 24.5 Å². The maximum Gasteiger partial charge on any atom is 0.586 e. The summed E-state index contributed by atoms with van der Waals surface area (Å²) < 4.78 is 40.3. The molecule has 1 N–H and O–H groups in total. The number of aromatic nitrogens is 3. The van der Waals surface area contributed by atoms with Crippen molar-refractivity contribution < 1.29 is 27.6 Å². The molecule has 0 bridgehead atoms. The van der Waals surface area contributed by atoms with E-state index in [2.05, 4.69) is 29.9 Å². The first-order valence-electron chi connectivity index (χ1n) is 9.20. The highest BCUT2D eigenvalue weighted by Crippen LogP contribution is 2.44. The van der Waals surface area contributed by atoms with Crippen LogP contribution >= 0.6 is 0 Å². The zero-order valence-electron chi connectivity index (χ0n) is 17.0. The van der Waals surface area contributed by atoms with Crippen LogP contribution in [0.3, 0.4) is 0 Å². The number of alkyl halides is 2.